The zero-order valence-corrected chi connectivity index (χ0v) is 28.0. The van der Waals surface area contributed by atoms with E-state index in [2.05, 4.69) is 76.2 Å². The molecule has 0 saturated carbocycles. The fraction of sp³-hybridized carbons (Fsp3) is 0.632. The van der Waals surface area contributed by atoms with E-state index in [1.54, 1.807) is 0 Å². The van der Waals surface area contributed by atoms with Gasteiger partial charge in [0, 0.05) is 16.5 Å². The summed E-state index contributed by atoms with van der Waals surface area (Å²) >= 11 is 0. The van der Waals surface area contributed by atoms with Crippen LogP contribution in [0, 0.1) is 0 Å². The first-order valence-electron chi connectivity index (χ1n) is 17.0. The summed E-state index contributed by atoms with van der Waals surface area (Å²) in [5.74, 6) is 0. The van der Waals surface area contributed by atoms with E-state index in [0.29, 0.717) is 0 Å². The van der Waals surface area contributed by atoms with Gasteiger partial charge in [-0.15, -0.1) is 0 Å². The maximum Gasteiger partial charge on any atom is 0.0636 e. The van der Waals surface area contributed by atoms with Crippen molar-refractivity contribution in [2.45, 2.75) is 156 Å². The molecule has 0 fully saturated rings. The molecule has 0 aliphatic rings. The fourth-order valence-corrected chi connectivity index (χ4v) is 5.33. The Bertz CT molecular complexity index is 978. The largest absolute Gasteiger partial charge is 0.252 e. The monoisotopic (exact) mass is 602 g/mol. The van der Waals surface area contributed by atoms with Gasteiger partial charge in [-0.3, -0.25) is 9.98 Å². The Morgan fingerprint density at radius 2 is 0.854 bits per heavy atom. The van der Waals surface area contributed by atoms with Crippen molar-refractivity contribution in [2.75, 3.05) is 0 Å². The van der Waals surface area contributed by atoms with Crippen LogP contribution in [0.15, 0.2) is 58.5 Å². The Labute approximate surface area is 264 Å². The van der Waals surface area contributed by atoms with Gasteiger partial charge in [-0.1, -0.05) is 129 Å². The van der Waals surface area contributed by atoms with Crippen LogP contribution in [0.2, 0.25) is 0 Å². The van der Waals surface area contributed by atoms with Crippen LogP contribution in [-0.4, -0.2) is 11.4 Å². The summed E-state index contributed by atoms with van der Waals surface area (Å²) in [5.41, 5.74) is 7.44. The van der Waals surface area contributed by atoms with Crippen LogP contribution in [0.4, 0.5) is 11.4 Å². The van der Waals surface area contributed by atoms with Gasteiger partial charge in [0.1, 0.15) is 0 Å². The number of aryl methyl sites for hydroxylation is 2. The molecule has 0 radical (unpaired) electrons. The van der Waals surface area contributed by atoms with E-state index in [1.807, 2.05) is 0 Å². The van der Waals surface area contributed by atoms with Crippen LogP contribution in [0.3, 0.4) is 0 Å². The van der Waals surface area contributed by atoms with Crippen molar-refractivity contribution in [1.29, 1.82) is 0 Å². The first-order chi connectivity index (χ1) is 19.7. The molecule has 0 atom stereocenters. The molecule has 0 amide bonds. The zero-order chi connectivity index (χ0) is 28.7. The number of nitrogens with zero attached hydrogens (tertiary/aromatic N) is 2. The average Bonchev–Trinajstić information content (AvgIpc) is 2.97. The summed E-state index contributed by atoms with van der Waals surface area (Å²) in [6, 6.07) is 17.9. The van der Waals surface area contributed by atoms with Gasteiger partial charge >= 0.3 is 0 Å². The van der Waals surface area contributed by atoms with E-state index in [1.165, 1.54) is 119 Å². The second kappa shape index (κ2) is 24.8. The number of unbranched alkanes of at least 4 members (excludes halogenated alkanes) is 12. The Kier molecular flexibility index (Phi) is 22.6. The molecule has 0 aliphatic heterocycles. The number of hydrogen-bond acceptors (Lipinski definition) is 2. The molecule has 0 unspecified atom stereocenters. The van der Waals surface area contributed by atoms with Gasteiger partial charge in [0.25, 0.3) is 0 Å². The van der Waals surface area contributed by atoms with Crippen LogP contribution in [0.25, 0.3) is 0 Å². The van der Waals surface area contributed by atoms with E-state index in [9.17, 15) is 0 Å². The quantitative estimate of drug-likeness (QED) is 0.0686. The standard InChI is InChI=1S/C38H60N2.Ni/c1-5-9-13-16-17-20-30-38(40-36-28-22-26-34(32-36)24-19-15-11-7-3)37(29-12-8-4)39-35-27-21-25-33(31-35)23-18-14-10-6-2;/h21-22,25-28,31-32H,5-20,23-24,29-30H2,1-4H3;. The topological polar surface area (TPSA) is 24.7 Å². The SMILES string of the molecule is CCCCCCCCC(=Nc1cccc(CCCCCC)c1)C(CCCC)=Nc1cccc(CCCCCC)c1.[Ni]. The molecule has 0 bridgehead atoms. The van der Waals surface area contributed by atoms with Crippen molar-refractivity contribution in [3.05, 3.63) is 59.7 Å². The molecule has 2 aromatic rings. The first-order valence-corrected chi connectivity index (χ1v) is 17.0. The van der Waals surface area contributed by atoms with Gasteiger partial charge in [-0.05, 0) is 86.8 Å². The van der Waals surface area contributed by atoms with Crippen molar-refractivity contribution in [1.82, 2.24) is 0 Å². The smallest absolute Gasteiger partial charge is 0.0636 e. The first kappa shape index (κ1) is 37.3. The predicted octanol–water partition coefficient (Wildman–Crippen LogP) is 12.7. The Balaban J connectivity index is 0.00000840. The third-order valence-electron chi connectivity index (χ3n) is 7.85. The number of rotatable bonds is 23. The van der Waals surface area contributed by atoms with Crippen LogP contribution in [0.5, 0.6) is 0 Å². The molecule has 41 heavy (non-hydrogen) atoms. The summed E-state index contributed by atoms with van der Waals surface area (Å²) in [4.78, 5) is 10.6. The van der Waals surface area contributed by atoms with Gasteiger partial charge in [0.15, 0.2) is 0 Å². The van der Waals surface area contributed by atoms with Crippen molar-refractivity contribution >= 4 is 22.8 Å². The minimum absolute atomic E-state index is 0. The molecule has 0 aliphatic carbocycles. The van der Waals surface area contributed by atoms with Crippen molar-refractivity contribution in [3.8, 4) is 0 Å². The summed E-state index contributed by atoms with van der Waals surface area (Å²) < 4.78 is 0. The Morgan fingerprint density at radius 3 is 1.32 bits per heavy atom. The normalized spacial score (nSPS) is 12.0. The third kappa shape index (κ3) is 17.1. The molecule has 232 valence electrons. The Morgan fingerprint density at radius 1 is 0.463 bits per heavy atom. The maximum atomic E-state index is 5.33. The summed E-state index contributed by atoms with van der Waals surface area (Å²) in [7, 11) is 0. The van der Waals surface area contributed by atoms with Crippen LogP contribution in [0.1, 0.15) is 154 Å². The molecule has 0 N–H and O–H groups in total. The molecule has 2 rings (SSSR count). The second-order valence-electron chi connectivity index (χ2n) is 11.7. The van der Waals surface area contributed by atoms with Gasteiger partial charge < -0.3 is 0 Å². The minimum Gasteiger partial charge on any atom is -0.252 e. The van der Waals surface area contributed by atoms with Crippen LogP contribution in [-0.2, 0) is 29.3 Å². The van der Waals surface area contributed by atoms with E-state index < -0.39 is 0 Å². The fourth-order valence-electron chi connectivity index (χ4n) is 5.33. The third-order valence-corrected chi connectivity index (χ3v) is 7.85. The molecule has 3 heteroatoms. The second-order valence-corrected chi connectivity index (χ2v) is 11.7. The maximum absolute atomic E-state index is 5.33. The molecule has 0 spiro atoms. The van der Waals surface area contributed by atoms with E-state index in [4.69, 9.17) is 9.98 Å². The van der Waals surface area contributed by atoms with Crippen LogP contribution < -0.4 is 0 Å². The predicted molar refractivity (Wildman–Crippen MR) is 180 cm³/mol. The Hall–Kier alpha value is -1.73. The minimum atomic E-state index is 0. The summed E-state index contributed by atoms with van der Waals surface area (Å²) in [6.45, 7) is 9.13. The van der Waals surface area contributed by atoms with E-state index in [-0.39, 0.29) is 16.5 Å². The molecule has 0 saturated heterocycles. The molecule has 0 aromatic heterocycles. The summed E-state index contributed by atoms with van der Waals surface area (Å²) in [5, 5.41) is 0. The number of benzene rings is 2. The molecular formula is C38H60N2Ni. The van der Waals surface area contributed by atoms with Crippen molar-refractivity contribution in [2.24, 2.45) is 9.98 Å². The average molecular weight is 604 g/mol. The molecule has 2 nitrogen and oxygen atoms in total. The van der Waals surface area contributed by atoms with Gasteiger partial charge in [-0.25, -0.2) is 0 Å². The van der Waals surface area contributed by atoms with Gasteiger partial charge in [0.05, 0.1) is 22.8 Å². The molecular weight excluding hydrogens is 543 g/mol. The molecule has 0 heterocycles. The van der Waals surface area contributed by atoms with E-state index in [0.717, 1.165) is 43.5 Å². The van der Waals surface area contributed by atoms with Crippen molar-refractivity contribution < 1.29 is 16.5 Å². The van der Waals surface area contributed by atoms with Gasteiger partial charge in [0.2, 0.25) is 0 Å². The van der Waals surface area contributed by atoms with E-state index >= 15 is 0 Å². The number of aliphatic imine (C=N–C) groups is 2. The zero-order valence-electron chi connectivity index (χ0n) is 27.0. The molecule has 2 aromatic carbocycles. The summed E-state index contributed by atoms with van der Waals surface area (Å²) in [6.07, 6.45) is 24.9. The number of hydrogen-bond donors (Lipinski definition) is 0. The van der Waals surface area contributed by atoms with Crippen molar-refractivity contribution in [3.63, 3.8) is 0 Å². The van der Waals surface area contributed by atoms with Gasteiger partial charge in [-0.2, -0.15) is 0 Å². The van der Waals surface area contributed by atoms with Crippen LogP contribution >= 0.6 is 0 Å².